The Labute approximate surface area is 170 Å². The van der Waals surface area contributed by atoms with Crippen molar-refractivity contribution in [2.45, 2.75) is 30.7 Å². The monoisotopic (exact) mass is 401 g/mol. The molecule has 3 rings (SSSR count). The van der Waals surface area contributed by atoms with Crippen molar-refractivity contribution in [1.82, 2.24) is 19.6 Å². The zero-order chi connectivity index (χ0) is 19.9. The number of thioether (sulfide) groups is 1. The van der Waals surface area contributed by atoms with Crippen LogP contribution in [-0.4, -0.2) is 64.0 Å². The summed E-state index contributed by atoms with van der Waals surface area (Å²) < 4.78 is 1.72. The number of nitrogens with zero attached hydrogens (tertiary/aromatic N) is 4. The fraction of sp³-hybridized carbons (Fsp3) is 0.450. The average molecular weight is 402 g/mol. The summed E-state index contributed by atoms with van der Waals surface area (Å²) in [6.07, 6.45) is 6.98. The number of carbonyl (C=O) groups is 2. The van der Waals surface area contributed by atoms with Crippen LogP contribution in [0.25, 0.3) is 0 Å². The Morgan fingerprint density at radius 3 is 2.68 bits per heavy atom. The second-order valence-electron chi connectivity index (χ2n) is 6.74. The van der Waals surface area contributed by atoms with E-state index >= 15 is 0 Å². The van der Waals surface area contributed by atoms with E-state index in [1.165, 1.54) is 0 Å². The van der Waals surface area contributed by atoms with Crippen molar-refractivity contribution in [1.29, 1.82) is 0 Å². The summed E-state index contributed by atoms with van der Waals surface area (Å²) in [5.41, 5.74) is 0.791. The number of nitrogens with one attached hydrogen (secondary N) is 1. The topological polar surface area (TPSA) is 70.5 Å². The van der Waals surface area contributed by atoms with Crippen molar-refractivity contribution in [3.8, 4) is 0 Å². The van der Waals surface area contributed by atoms with E-state index in [1.54, 1.807) is 27.5 Å². The lowest BCUT2D eigenvalue weighted by Crippen LogP contribution is -2.41. The van der Waals surface area contributed by atoms with Crippen molar-refractivity contribution in [3.05, 3.63) is 42.7 Å². The maximum atomic E-state index is 13.0. The van der Waals surface area contributed by atoms with Gasteiger partial charge in [-0.15, -0.1) is 11.8 Å². The molecule has 3 amide bonds. The molecular weight excluding hydrogens is 374 g/mol. The van der Waals surface area contributed by atoms with Gasteiger partial charge in [0.1, 0.15) is 6.04 Å². The van der Waals surface area contributed by atoms with E-state index in [1.807, 2.05) is 54.6 Å². The molecule has 1 aromatic heterocycles. The summed E-state index contributed by atoms with van der Waals surface area (Å²) in [5.74, 6) is 0.0705. The van der Waals surface area contributed by atoms with Crippen LogP contribution in [0.2, 0.25) is 0 Å². The van der Waals surface area contributed by atoms with E-state index in [9.17, 15) is 9.59 Å². The number of carbonyl (C=O) groups excluding carboxylic acids is 2. The molecule has 2 aromatic rings. The molecule has 1 aromatic carbocycles. The van der Waals surface area contributed by atoms with Crippen LogP contribution < -0.4 is 5.32 Å². The van der Waals surface area contributed by atoms with Crippen LogP contribution in [0.1, 0.15) is 25.8 Å². The third kappa shape index (κ3) is 4.86. The first-order valence-corrected chi connectivity index (χ1v) is 10.8. The average Bonchev–Trinajstić information content (AvgIpc) is 3.11. The number of urea groups is 1. The highest BCUT2D eigenvalue weighted by Crippen LogP contribution is 2.20. The van der Waals surface area contributed by atoms with Crippen LogP contribution in [-0.2, 0) is 4.79 Å². The lowest BCUT2D eigenvalue weighted by Gasteiger charge is -2.26. The Balaban J connectivity index is 1.59. The molecule has 1 N–H and O–H groups in total. The Hall–Kier alpha value is -2.48. The van der Waals surface area contributed by atoms with Crippen LogP contribution in [0.5, 0.6) is 0 Å². The maximum absolute atomic E-state index is 13.0. The van der Waals surface area contributed by atoms with Crippen molar-refractivity contribution in [2.24, 2.45) is 0 Å². The minimum absolute atomic E-state index is 0.0705. The SMILES string of the molecule is CCC(C(=O)N1CCCN(C(=O)Nc2cccc(SC)c2)CC1)n1cccn1. The molecule has 1 saturated heterocycles. The van der Waals surface area contributed by atoms with Gasteiger partial charge in [0.2, 0.25) is 5.91 Å². The van der Waals surface area contributed by atoms with Gasteiger partial charge in [-0.3, -0.25) is 9.48 Å². The van der Waals surface area contributed by atoms with Crippen molar-refractivity contribution < 1.29 is 9.59 Å². The molecule has 7 nitrogen and oxygen atoms in total. The van der Waals surface area contributed by atoms with Gasteiger partial charge in [-0.2, -0.15) is 5.10 Å². The quantitative estimate of drug-likeness (QED) is 0.780. The van der Waals surface area contributed by atoms with Gasteiger partial charge >= 0.3 is 6.03 Å². The van der Waals surface area contributed by atoms with Crippen molar-refractivity contribution in [2.75, 3.05) is 37.8 Å². The first kappa shape index (κ1) is 20.3. The fourth-order valence-electron chi connectivity index (χ4n) is 3.39. The molecule has 0 spiro atoms. The lowest BCUT2D eigenvalue weighted by atomic mass is 10.2. The summed E-state index contributed by atoms with van der Waals surface area (Å²) in [7, 11) is 0. The third-order valence-corrected chi connectivity index (χ3v) is 5.66. The number of amides is 3. The zero-order valence-corrected chi connectivity index (χ0v) is 17.2. The number of benzene rings is 1. The van der Waals surface area contributed by atoms with Gasteiger partial charge in [-0.1, -0.05) is 13.0 Å². The van der Waals surface area contributed by atoms with Gasteiger partial charge in [0.25, 0.3) is 0 Å². The van der Waals surface area contributed by atoms with Crippen molar-refractivity contribution >= 4 is 29.4 Å². The molecule has 1 unspecified atom stereocenters. The minimum atomic E-state index is -0.287. The van der Waals surface area contributed by atoms with Gasteiger partial charge in [0.15, 0.2) is 0 Å². The van der Waals surface area contributed by atoms with E-state index in [0.29, 0.717) is 32.6 Å². The third-order valence-electron chi connectivity index (χ3n) is 4.93. The molecule has 1 aliphatic heterocycles. The van der Waals surface area contributed by atoms with E-state index in [0.717, 1.165) is 17.0 Å². The van der Waals surface area contributed by atoms with E-state index in [4.69, 9.17) is 0 Å². The second-order valence-corrected chi connectivity index (χ2v) is 7.62. The molecule has 0 saturated carbocycles. The van der Waals surface area contributed by atoms with Gasteiger partial charge < -0.3 is 15.1 Å². The highest BCUT2D eigenvalue weighted by atomic mass is 32.2. The molecule has 150 valence electrons. The Kier molecular flexibility index (Phi) is 6.97. The number of rotatable bonds is 5. The predicted octanol–water partition coefficient (Wildman–Crippen LogP) is 3.32. The maximum Gasteiger partial charge on any atom is 0.321 e. The van der Waals surface area contributed by atoms with Crippen molar-refractivity contribution in [3.63, 3.8) is 0 Å². The first-order valence-electron chi connectivity index (χ1n) is 9.60. The van der Waals surface area contributed by atoms with Gasteiger partial charge in [0, 0.05) is 49.2 Å². The first-order chi connectivity index (χ1) is 13.6. The Bertz CT molecular complexity index is 796. The summed E-state index contributed by atoms with van der Waals surface area (Å²) in [4.78, 5) is 30.4. The molecule has 1 atom stereocenters. The molecule has 28 heavy (non-hydrogen) atoms. The molecule has 1 aliphatic rings. The highest BCUT2D eigenvalue weighted by molar-refractivity contribution is 7.98. The summed E-state index contributed by atoms with van der Waals surface area (Å²) >= 11 is 1.64. The standard InChI is InChI=1S/C20H27N5O2S/c1-3-18(25-12-5-9-21-25)19(26)23-10-6-11-24(14-13-23)20(27)22-16-7-4-8-17(15-16)28-2/h4-5,7-9,12,15,18H,3,6,10-11,13-14H2,1-2H3,(H,22,27). The van der Waals surface area contributed by atoms with Gasteiger partial charge in [0.05, 0.1) is 0 Å². The number of hydrogen-bond donors (Lipinski definition) is 1. The molecule has 0 radical (unpaired) electrons. The van der Waals surface area contributed by atoms with Gasteiger partial charge in [-0.05, 0) is 43.4 Å². The second kappa shape index (κ2) is 9.64. The van der Waals surface area contributed by atoms with Gasteiger partial charge in [-0.25, -0.2) is 4.79 Å². The fourth-order valence-corrected chi connectivity index (χ4v) is 3.85. The number of anilines is 1. The van der Waals surface area contributed by atoms with Crippen LogP contribution in [0.3, 0.4) is 0 Å². The summed E-state index contributed by atoms with van der Waals surface area (Å²) in [5, 5.41) is 7.19. The molecule has 8 heteroatoms. The zero-order valence-electron chi connectivity index (χ0n) is 16.4. The predicted molar refractivity (Wildman–Crippen MR) is 112 cm³/mol. The minimum Gasteiger partial charge on any atom is -0.339 e. The van der Waals surface area contributed by atoms with E-state index in [-0.39, 0.29) is 18.0 Å². The smallest absolute Gasteiger partial charge is 0.321 e. The van der Waals surface area contributed by atoms with Crippen LogP contribution in [0, 0.1) is 0 Å². The van der Waals surface area contributed by atoms with Crippen LogP contribution in [0.15, 0.2) is 47.6 Å². The van der Waals surface area contributed by atoms with E-state index < -0.39 is 0 Å². The van der Waals surface area contributed by atoms with Crippen LogP contribution >= 0.6 is 11.8 Å². The largest absolute Gasteiger partial charge is 0.339 e. The molecule has 2 heterocycles. The Morgan fingerprint density at radius 1 is 1.18 bits per heavy atom. The van der Waals surface area contributed by atoms with Crippen LogP contribution in [0.4, 0.5) is 10.5 Å². The highest BCUT2D eigenvalue weighted by Gasteiger charge is 2.27. The lowest BCUT2D eigenvalue weighted by molar-refractivity contribution is -0.135. The normalized spacial score (nSPS) is 15.8. The van der Waals surface area contributed by atoms with E-state index in [2.05, 4.69) is 10.4 Å². The summed E-state index contributed by atoms with van der Waals surface area (Å²) in [6.45, 7) is 4.34. The number of aromatic nitrogens is 2. The molecule has 1 fully saturated rings. The molecule has 0 aliphatic carbocycles. The Morgan fingerprint density at radius 2 is 1.96 bits per heavy atom. The molecular formula is C20H27N5O2S. The summed E-state index contributed by atoms with van der Waals surface area (Å²) in [6, 6.07) is 9.23. The molecule has 0 bridgehead atoms. The number of hydrogen-bond acceptors (Lipinski definition) is 4.